The van der Waals surface area contributed by atoms with E-state index >= 15 is 0 Å². The third-order valence-corrected chi connectivity index (χ3v) is 3.84. The van der Waals surface area contributed by atoms with Crippen LogP contribution in [-0.4, -0.2) is 16.7 Å². The SMILES string of the molecule is CCCCn1c(-c2cccc(N)c2)nc2cc(OC)ccc21. The van der Waals surface area contributed by atoms with E-state index in [0.29, 0.717) is 0 Å². The van der Waals surface area contributed by atoms with Crippen LogP contribution in [0.2, 0.25) is 0 Å². The second kappa shape index (κ2) is 6.10. The number of fused-ring (bicyclic) bond motifs is 1. The van der Waals surface area contributed by atoms with Crippen LogP contribution in [0.3, 0.4) is 0 Å². The van der Waals surface area contributed by atoms with Gasteiger partial charge >= 0.3 is 0 Å². The Morgan fingerprint density at radius 1 is 1.18 bits per heavy atom. The number of anilines is 1. The van der Waals surface area contributed by atoms with Crippen LogP contribution in [0.4, 0.5) is 5.69 Å². The molecule has 0 saturated carbocycles. The van der Waals surface area contributed by atoms with Gasteiger partial charge in [-0.1, -0.05) is 25.5 Å². The number of nitrogen functional groups attached to an aromatic ring is 1. The molecule has 3 aromatic rings. The molecule has 4 heteroatoms. The zero-order valence-electron chi connectivity index (χ0n) is 13.0. The monoisotopic (exact) mass is 295 g/mol. The number of benzene rings is 2. The fourth-order valence-corrected chi connectivity index (χ4v) is 2.68. The number of rotatable bonds is 5. The molecule has 1 aromatic heterocycles. The van der Waals surface area contributed by atoms with Crippen molar-refractivity contribution in [3.8, 4) is 17.1 Å². The number of ether oxygens (including phenoxy) is 1. The number of aromatic nitrogens is 2. The van der Waals surface area contributed by atoms with Crippen molar-refractivity contribution in [2.24, 2.45) is 0 Å². The summed E-state index contributed by atoms with van der Waals surface area (Å²) in [5, 5.41) is 0. The average molecular weight is 295 g/mol. The Balaban J connectivity index is 2.18. The van der Waals surface area contributed by atoms with E-state index in [0.717, 1.165) is 53.2 Å². The molecular weight excluding hydrogens is 274 g/mol. The number of nitrogens with two attached hydrogens (primary N) is 1. The first-order chi connectivity index (χ1) is 10.7. The third kappa shape index (κ3) is 2.64. The van der Waals surface area contributed by atoms with E-state index in [1.165, 1.54) is 0 Å². The Labute approximate surface area is 130 Å². The van der Waals surface area contributed by atoms with Crippen LogP contribution in [0.5, 0.6) is 5.75 Å². The molecule has 0 unspecified atom stereocenters. The van der Waals surface area contributed by atoms with Gasteiger partial charge in [0.05, 0.1) is 18.1 Å². The summed E-state index contributed by atoms with van der Waals surface area (Å²) in [6.07, 6.45) is 2.26. The molecule has 4 nitrogen and oxygen atoms in total. The highest BCUT2D eigenvalue weighted by Crippen LogP contribution is 2.28. The van der Waals surface area contributed by atoms with Crippen LogP contribution in [0.25, 0.3) is 22.4 Å². The van der Waals surface area contributed by atoms with Gasteiger partial charge in [0, 0.05) is 23.9 Å². The molecule has 0 aliphatic heterocycles. The average Bonchev–Trinajstić information content (AvgIpc) is 2.90. The fourth-order valence-electron chi connectivity index (χ4n) is 2.68. The van der Waals surface area contributed by atoms with Crippen molar-refractivity contribution in [1.29, 1.82) is 0 Å². The molecule has 0 amide bonds. The van der Waals surface area contributed by atoms with Crippen LogP contribution in [0.1, 0.15) is 19.8 Å². The predicted octanol–water partition coefficient (Wildman–Crippen LogP) is 4.09. The molecule has 0 aliphatic carbocycles. The predicted molar refractivity (Wildman–Crippen MR) is 91.0 cm³/mol. The molecule has 2 aromatic carbocycles. The Hall–Kier alpha value is -2.49. The van der Waals surface area contributed by atoms with Gasteiger partial charge in [-0.3, -0.25) is 0 Å². The molecule has 22 heavy (non-hydrogen) atoms. The van der Waals surface area contributed by atoms with Crippen LogP contribution < -0.4 is 10.5 Å². The highest BCUT2D eigenvalue weighted by molar-refractivity contribution is 5.82. The van der Waals surface area contributed by atoms with Gasteiger partial charge in [0.1, 0.15) is 11.6 Å². The summed E-state index contributed by atoms with van der Waals surface area (Å²) in [5.41, 5.74) is 9.81. The number of methoxy groups -OCH3 is 1. The molecule has 0 saturated heterocycles. The molecule has 0 fully saturated rings. The van der Waals surface area contributed by atoms with E-state index < -0.39 is 0 Å². The van der Waals surface area contributed by atoms with Gasteiger partial charge in [-0.05, 0) is 30.7 Å². The summed E-state index contributed by atoms with van der Waals surface area (Å²) >= 11 is 0. The van der Waals surface area contributed by atoms with E-state index in [-0.39, 0.29) is 0 Å². The number of nitrogens with zero attached hydrogens (tertiary/aromatic N) is 2. The molecule has 114 valence electrons. The van der Waals surface area contributed by atoms with Crippen molar-refractivity contribution in [3.05, 3.63) is 42.5 Å². The fraction of sp³-hybridized carbons (Fsp3) is 0.278. The van der Waals surface area contributed by atoms with E-state index in [9.17, 15) is 0 Å². The van der Waals surface area contributed by atoms with Gasteiger partial charge in [0.15, 0.2) is 0 Å². The maximum absolute atomic E-state index is 5.93. The van der Waals surface area contributed by atoms with Crippen LogP contribution >= 0.6 is 0 Å². The lowest BCUT2D eigenvalue weighted by atomic mass is 10.2. The Kier molecular flexibility index (Phi) is 4.00. The zero-order chi connectivity index (χ0) is 15.5. The minimum absolute atomic E-state index is 0.754. The van der Waals surface area contributed by atoms with E-state index in [1.807, 2.05) is 30.3 Å². The quantitative estimate of drug-likeness (QED) is 0.721. The topological polar surface area (TPSA) is 53.1 Å². The van der Waals surface area contributed by atoms with Gasteiger partial charge in [0.2, 0.25) is 0 Å². The summed E-state index contributed by atoms with van der Waals surface area (Å²) in [7, 11) is 1.67. The van der Waals surface area contributed by atoms with Crippen molar-refractivity contribution in [3.63, 3.8) is 0 Å². The highest BCUT2D eigenvalue weighted by Gasteiger charge is 2.13. The minimum atomic E-state index is 0.754. The summed E-state index contributed by atoms with van der Waals surface area (Å²) in [6, 6.07) is 13.9. The maximum Gasteiger partial charge on any atom is 0.141 e. The smallest absolute Gasteiger partial charge is 0.141 e. The van der Waals surface area contributed by atoms with Gasteiger partial charge in [-0.2, -0.15) is 0 Å². The molecule has 0 radical (unpaired) electrons. The Morgan fingerprint density at radius 3 is 2.77 bits per heavy atom. The molecular formula is C18H21N3O. The number of unbranched alkanes of at least 4 members (excludes halogenated alkanes) is 1. The molecule has 2 N–H and O–H groups in total. The van der Waals surface area contributed by atoms with Crippen LogP contribution in [0, 0.1) is 0 Å². The van der Waals surface area contributed by atoms with E-state index in [1.54, 1.807) is 7.11 Å². The second-order valence-corrected chi connectivity index (χ2v) is 5.42. The summed E-state index contributed by atoms with van der Waals surface area (Å²) in [4.78, 5) is 4.81. The van der Waals surface area contributed by atoms with Crippen molar-refractivity contribution in [2.45, 2.75) is 26.3 Å². The standard InChI is InChI=1S/C18H21N3O/c1-3-4-10-21-17-9-8-15(22-2)12-16(17)20-18(21)13-6-5-7-14(19)11-13/h5-9,11-12H,3-4,10,19H2,1-2H3. The first kappa shape index (κ1) is 14.4. The summed E-state index contributed by atoms with van der Waals surface area (Å²) < 4.78 is 7.58. The largest absolute Gasteiger partial charge is 0.497 e. The second-order valence-electron chi connectivity index (χ2n) is 5.42. The van der Waals surface area contributed by atoms with E-state index in [2.05, 4.69) is 23.6 Å². The molecule has 1 heterocycles. The Morgan fingerprint density at radius 2 is 2.05 bits per heavy atom. The third-order valence-electron chi connectivity index (χ3n) is 3.84. The maximum atomic E-state index is 5.93. The number of imidazole rings is 1. The number of hydrogen-bond donors (Lipinski definition) is 1. The van der Waals surface area contributed by atoms with Crippen molar-refractivity contribution in [1.82, 2.24) is 9.55 Å². The molecule has 0 aliphatic rings. The van der Waals surface area contributed by atoms with Crippen LogP contribution in [-0.2, 0) is 6.54 Å². The molecule has 0 atom stereocenters. The molecule has 0 bridgehead atoms. The highest BCUT2D eigenvalue weighted by atomic mass is 16.5. The lowest BCUT2D eigenvalue weighted by Gasteiger charge is -2.09. The number of hydrogen-bond acceptors (Lipinski definition) is 3. The minimum Gasteiger partial charge on any atom is -0.497 e. The number of aryl methyl sites for hydroxylation is 1. The summed E-state index contributed by atoms with van der Waals surface area (Å²) in [5.74, 6) is 1.79. The first-order valence-electron chi connectivity index (χ1n) is 7.63. The van der Waals surface area contributed by atoms with Crippen molar-refractivity contribution in [2.75, 3.05) is 12.8 Å². The van der Waals surface area contributed by atoms with Gasteiger partial charge in [-0.15, -0.1) is 0 Å². The van der Waals surface area contributed by atoms with Gasteiger partial charge < -0.3 is 15.0 Å². The lowest BCUT2D eigenvalue weighted by Crippen LogP contribution is -2.01. The van der Waals surface area contributed by atoms with Gasteiger partial charge in [0.25, 0.3) is 0 Å². The lowest BCUT2D eigenvalue weighted by molar-refractivity contribution is 0.415. The molecule has 3 rings (SSSR count). The first-order valence-corrected chi connectivity index (χ1v) is 7.63. The molecule has 0 spiro atoms. The van der Waals surface area contributed by atoms with Crippen molar-refractivity contribution >= 4 is 16.7 Å². The zero-order valence-corrected chi connectivity index (χ0v) is 13.0. The Bertz CT molecular complexity index is 792. The van der Waals surface area contributed by atoms with E-state index in [4.69, 9.17) is 15.5 Å². The summed E-state index contributed by atoms with van der Waals surface area (Å²) in [6.45, 7) is 3.14. The normalized spacial score (nSPS) is 11.0. The van der Waals surface area contributed by atoms with Crippen molar-refractivity contribution < 1.29 is 4.74 Å². The van der Waals surface area contributed by atoms with Gasteiger partial charge in [-0.25, -0.2) is 4.98 Å². The van der Waals surface area contributed by atoms with Crippen LogP contribution in [0.15, 0.2) is 42.5 Å².